The summed E-state index contributed by atoms with van der Waals surface area (Å²) in [4.78, 5) is 13.3. The molecule has 0 aromatic rings. The van der Waals surface area contributed by atoms with Crippen molar-refractivity contribution in [1.82, 2.24) is 10.2 Å². The third-order valence-electron chi connectivity index (χ3n) is 4.44. The van der Waals surface area contributed by atoms with Gasteiger partial charge >= 0.3 is 6.03 Å². The van der Waals surface area contributed by atoms with Crippen LogP contribution in [0.5, 0.6) is 0 Å². The van der Waals surface area contributed by atoms with Crippen LogP contribution in [0.2, 0.25) is 0 Å². The second kappa shape index (κ2) is 3.75. The zero-order valence-electron chi connectivity index (χ0n) is 10.3. The Kier molecular flexibility index (Phi) is 2.68. The van der Waals surface area contributed by atoms with Gasteiger partial charge in [0.2, 0.25) is 0 Å². The number of nitrogens with one attached hydrogen (secondary N) is 2. The third-order valence-corrected chi connectivity index (χ3v) is 4.44. The molecular formula is C12H21N3O. The van der Waals surface area contributed by atoms with Crippen molar-refractivity contribution in [3.05, 3.63) is 0 Å². The summed E-state index contributed by atoms with van der Waals surface area (Å²) < 4.78 is 0. The standard InChI is InChI=1S/C12H21N3O/c1-8(2)9-4-6-12(7-5-9)10(13)14-11(16)15(12)3/h8-9H,4-7H2,1-3H3,(H2,13,14,16). The lowest BCUT2D eigenvalue weighted by Gasteiger charge is -2.41. The molecule has 16 heavy (non-hydrogen) atoms. The first-order valence-corrected chi connectivity index (χ1v) is 6.11. The van der Waals surface area contributed by atoms with E-state index < -0.39 is 0 Å². The van der Waals surface area contributed by atoms with Gasteiger partial charge < -0.3 is 4.90 Å². The average molecular weight is 223 g/mol. The van der Waals surface area contributed by atoms with Gasteiger partial charge in [-0.15, -0.1) is 0 Å². The van der Waals surface area contributed by atoms with Gasteiger partial charge in [-0.25, -0.2) is 4.79 Å². The Labute approximate surface area is 96.9 Å². The van der Waals surface area contributed by atoms with Gasteiger partial charge in [0.1, 0.15) is 11.4 Å². The van der Waals surface area contributed by atoms with Crippen LogP contribution in [0, 0.1) is 17.2 Å². The zero-order valence-corrected chi connectivity index (χ0v) is 10.3. The lowest BCUT2D eigenvalue weighted by Crippen LogP contribution is -2.50. The van der Waals surface area contributed by atoms with Crippen molar-refractivity contribution in [2.75, 3.05) is 7.05 Å². The number of carbonyl (C=O) groups is 1. The Balaban J connectivity index is 2.12. The van der Waals surface area contributed by atoms with Crippen molar-refractivity contribution >= 4 is 11.9 Å². The minimum absolute atomic E-state index is 0.118. The van der Waals surface area contributed by atoms with Crippen molar-refractivity contribution in [1.29, 1.82) is 5.41 Å². The smallest absolute Gasteiger partial charge is 0.315 e. The molecule has 1 aliphatic heterocycles. The van der Waals surface area contributed by atoms with Gasteiger partial charge in [0.15, 0.2) is 0 Å². The number of urea groups is 1. The quantitative estimate of drug-likeness (QED) is 0.703. The molecule has 2 aliphatic rings. The largest absolute Gasteiger partial charge is 0.323 e. The summed E-state index contributed by atoms with van der Waals surface area (Å²) in [5.41, 5.74) is -0.317. The van der Waals surface area contributed by atoms with Crippen LogP contribution in [0.15, 0.2) is 0 Å². The van der Waals surface area contributed by atoms with Crippen LogP contribution in [0.4, 0.5) is 4.79 Å². The number of hydrogen-bond donors (Lipinski definition) is 2. The average Bonchev–Trinajstić information content (AvgIpc) is 2.45. The first-order valence-electron chi connectivity index (χ1n) is 6.11. The van der Waals surface area contributed by atoms with Crippen LogP contribution in [-0.2, 0) is 0 Å². The van der Waals surface area contributed by atoms with Gasteiger partial charge in [-0.05, 0) is 37.5 Å². The summed E-state index contributed by atoms with van der Waals surface area (Å²) in [5.74, 6) is 1.87. The van der Waals surface area contributed by atoms with Gasteiger partial charge in [0.05, 0.1) is 0 Å². The highest BCUT2D eigenvalue weighted by molar-refractivity contribution is 6.08. The maximum Gasteiger partial charge on any atom is 0.323 e. The van der Waals surface area contributed by atoms with Crippen LogP contribution >= 0.6 is 0 Å². The van der Waals surface area contributed by atoms with Gasteiger partial charge in [-0.1, -0.05) is 13.8 Å². The molecule has 4 heteroatoms. The van der Waals surface area contributed by atoms with E-state index in [0.29, 0.717) is 11.8 Å². The lowest BCUT2D eigenvalue weighted by molar-refractivity contribution is 0.135. The monoisotopic (exact) mass is 223 g/mol. The van der Waals surface area contributed by atoms with E-state index in [1.165, 1.54) is 0 Å². The molecule has 1 heterocycles. The SMILES string of the molecule is CC(C)C1CCC2(CC1)C(=N)NC(=O)N2C. The number of nitrogens with zero attached hydrogens (tertiary/aromatic N) is 1. The molecular weight excluding hydrogens is 202 g/mol. The second-order valence-corrected chi connectivity index (χ2v) is 5.48. The summed E-state index contributed by atoms with van der Waals surface area (Å²) in [7, 11) is 1.81. The maximum absolute atomic E-state index is 11.5. The van der Waals surface area contributed by atoms with Crippen LogP contribution in [0.25, 0.3) is 0 Å². The van der Waals surface area contributed by atoms with Crippen LogP contribution < -0.4 is 5.32 Å². The van der Waals surface area contributed by atoms with Crippen molar-refractivity contribution in [2.45, 2.75) is 45.1 Å². The third kappa shape index (κ3) is 1.51. The van der Waals surface area contributed by atoms with E-state index in [1.807, 2.05) is 7.05 Å². The molecule has 1 saturated heterocycles. The van der Waals surface area contributed by atoms with Crippen molar-refractivity contribution in [3.8, 4) is 0 Å². The van der Waals surface area contributed by atoms with Crippen molar-refractivity contribution < 1.29 is 4.79 Å². The van der Waals surface area contributed by atoms with Gasteiger partial charge in [0.25, 0.3) is 0 Å². The Morgan fingerprint density at radius 2 is 2.00 bits per heavy atom. The van der Waals surface area contributed by atoms with E-state index in [4.69, 9.17) is 5.41 Å². The number of rotatable bonds is 1. The predicted molar refractivity (Wildman–Crippen MR) is 63.5 cm³/mol. The Bertz CT molecular complexity index is 316. The molecule has 2 fully saturated rings. The Morgan fingerprint density at radius 3 is 2.38 bits per heavy atom. The molecule has 2 amide bonds. The van der Waals surface area contributed by atoms with Gasteiger partial charge in [-0.2, -0.15) is 0 Å². The topological polar surface area (TPSA) is 56.2 Å². The summed E-state index contributed by atoms with van der Waals surface area (Å²) in [5, 5.41) is 10.6. The lowest BCUT2D eigenvalue weighted by atomic mass is 9.72. The number of amidine groups is 1. The fourth-order valence-electron chi connectivity index (χ4n) is 3.04. The maximum atomic E-state index is 11.5. The normalized spacial score (nSPS) is 35.0. The Morgan fingerprint density at radius 1 is 1.44 bits per heavy atom. The first kappa shape index (κ1) is 11.4. The fraction of sp³-hybridized carbons (Fsp3) is 0.833. The molecule has 1 aliphatic carbocycles. The molecule has 2 N–H and O–H groups in total. The van der Waals surface area contributed by atoms with E-state index in [9.17, 15) is 4.79 Å². The van der Waals surface area contributed by atoms with E-state index in [1.54, 1.807) is 4.90 Å². The van der Waals surface area contributed by atoms with E-state index >= 15 is 0 Å². The summed E-state index contributed by atoms with van der Waals surface area (Å²) in [6, 6.07) is -0.118. The number of likely N-dealkylation sites (N-methyl/N-ethyl adjacent to an activating group) is 1. The predicted octanol–water partition coefficient (Wildman–Crippen LogP) is 2.20. The van der Waals surface area contributed by atoms with Crippen LogP contribution in [0.1, 0.15) is 39.5 Å². The Hall–Kier alpha value is -1.06. The van der Waals surface area contributed by atoms with Crippen LogP contribution in [0.3, 0.4) is 0 Å². The second-order valence-electron chi connectivity index (χ2n) is 5.48. The fourth-order valence-corrected chi connectivity index (χ4v) is 3.04. The molecule has 2 rings (SSSR count). The van der Waals surface area contributed by atoms with E-state index in [2.05, 4.69) is 19.2 Å². The molecule has 0 unspecified atom stereocenters. The highest BCUT2D eigenvalue weighted by atomic mass is 16.2. The molecule has 1 saturated carbocycles. The van der Waals surface area contributed by atoms with Crippen molar-refractivity contribution in [2.24, 2.45) is 11.8 Å². The first-order chi connectivity index (χ1) is 7.47. The summed E-state index contributed by atoms with van der Waals surface area (Å²) in [6.45, 7) is 4.52. The van der Waals surface area contributed by atoms with E-state index in [0.717, 1.165) is 31.6 Å². The summed E-state index contributed by atoms with van der Waals surface area (Å²) in [6.07, 6.45) is 4.12. The minimum Gasteiger partial charge on any atom is -0.315 e. The molecule has 0 radical (unpaired) electrons. The number of amides is 2. The highest BCUT2D eigenvalue weighted by Gasteiger charge is 2.49. The molecule has 0 aromatic heterocycles. The summed E-state index contributed by atoms with van der Waals surface area (Å²) >= 11 is 0. The van der Waals surface area contributed by atoms with E-state index in [-0.39, 0.29) is 11.6 Å². The van der Waals surface area contributed by atoms with Gasteiger partial charge in [-0.3, -0.25) is 10.7 Å². The molecule has 1 spiro atoms. The zero-order chi connectivity index (χ0) is 11.9. The van der Waals surface area contributed by atoms with Crippen LogP contribution in [-0.4, -0.2) is 29.4 Å². The molecule has 4 nitrogen and oxygen atoms in total. The minimum atomic E-state index is -0.317. The molecule has 0 aromatic carbocycles. The molecule has 0 atom stereocenters. The number of hydrogen-bond acceptors (Lipinski definition) is 2. The van der Waals surface area contributed by atoms with Crippen molar-refractivity contribution in [3.63, 3.8) is 0 Å². The highest BCUT2D eigenvalue weighted by Crippen LogP contribution is 2.40. The number of carbonyl (C=O) groups excluding carboxylic acids is 1. The van der Waals surface area contributed by atoms with Gasteiger partial charge in [0, 0.05) is 7.05 Å². The molecule has 90 valence electrons. The molecule has 0 bridgehead atoms.